The maximum Gasteiger partial charge on any atom is 0.286 e. The topological polar surface area (TPSA) is 77.6 Å². The van der Waals surface area contributed by atoms with Crippen molar-refractivity contribution in [2.45, 2.75) is 12.1 Å². The summed E-state index contributed by atoms with van der Waals surface area (Å²) < 4.78 is 11.7. The van der Waals surface area contributed by atoms with E-state index in [1.54, 1.807) is 7.11 Å². The molecule has 27 heavy (non-hydrogen) atoms. The van der Waals surface area contributed by atoms with Crippen LogP contribution in [0.2, 0.25) is 0 Å². The second-order valence-electron chi connectivity index (χ2n) is 6.62. The van der Waals surface area contributed by atoms with Crippen LogP contribution >= 0.6 is 0 Å². The molecule has 7 nitrogen and oxygen atoms in total. The molecule has 1 fully saturated rings. The molecule has 2 aliphatic heterocycles. The van der Waals surface area contributed by atoms with Crippen LogP contribution in [0.25, 0.3) is 5.69 Å². The van der Waals surface area contributed by atoms with Crippen molar-refractivity contribution in [1.29, 1.82) is 0 Å². The third-order valence-electron chi connectivity index (χ3n) is 5.16. The lowest BCUT2D eigenvalue weighted by Crippen LogP contribution is -2.41. The number of rotatable bonds is 4. The third-order valence-corrected chi connectivity index (χ3v) is 5.16. The first kappa shape index (κ1) is 16.0. The van der Waals surface area contributed by atoms with Crippen molar-refractivity contribution in [3.63, 3.8) is 0 Å². The van der Waals surface area contributed by atoms with Crippen LogP contribution in [-0.2, 0) is 0 Å². The summed E-state index contributed by atoms with van der Waals surface area (Å²) in [5, 5.41) is 16.4. The van der Waals surface area contributed by atoms with Gasteiger partial charge in [0.25, 0.3) is 5.69 Å². The second kappa shape index (κ2) is 6.21. The quantitative estimate of drug-likeness (QED) is 0.516. The number of aromatic nitrogens is 2. The van der Waals surface area contributed by atoms with E-state index in [0.29, 0.717) is 12.2 Å². The summed E-state index contributed by atoms with van der Waals surface area (Å²) in [6.07, 6.45) is 0. The van der Waals surface area contributed by atoms with Crippen LogP contribution < -0.4 is 14.5 Å². The van der Waals surface area contributed by atoms with E-state index in [1.807, 2.05) is 42.5 Å². The summed E-state index contributed by atoms with van der Waals surface area (Å²) in [5.41, 5.74) is 3.11. The zero-order chi connectivity index (χ0) is 18.4. The Hall–Kier alpha value is -3.19. The first-order valence-electron chi connectivity index (χ1n) is 8.87. The summed E-state index contributed by atoms with van der Waals surface area (Å²) in [7, 11) is 1.61. The molecule has 3 heterocycles. The van der Waals surface area contributed by atoms with Crippen LogP contribution in [0.5, 0.6) is 11.7 Å². The van der Waals surface area contributed by atoms with Crippen molar-refractivity contribution >= 4 is 5.71 Å². The average molecular weight is 362 g/mol. The SMILES string of the molecule is COc1ccc(-[n+]2noc([O-])c2C2=NCCN3C2C3c2ccccc2)cc1. The Kier molecular flexibility index (Phi) is 3.68. The lowest BCUT2D eigenvalue weighted by molar-refractivity contribution is -0.671. The van der Waals surface area contributed by atoms with Crippen LogP contribution in [0.4, 0.5) is 0 Å². The van der Waals surface area contributed by atoms with Gasteiger partial charge in [-0.25, -0.2) is 0 Å². The lowest BCUT2D eigenvalue weighted by atomic mass is 10.1. The molecule has 5 rings (SSSR count). The Labute approximate surface area is 156 Å². The second-order valence-corrected chi connectivity index (χ2v) is 6.62. The minimum Gasteiger partial charge on any atom is -0.539 e. The first-order chi connectivity index (χ1) is 13.3. The number of hydrogen-bond donors (Lipinski definition) is 0. The minimum atomic E-state index is -0.467. The zero-order valence-corrected chi connectivity index (χ0v) is 14.8. The van der Waals surface area contributed by atoms with Crippen molar-refractivity contribution in [3.8, 4) is 17.4 Å². The van der Waals surface area contributed by atoms with Crippen LogP contribution in [0, 0.1) is 0 Å². The Morgan fingerprint density at radius 2 is 1.89 bits per heavy atom. The molecule has 3 atom stereocenters. The number of ether oxygens (including phenoxy) is 1. The fourth-order valence-electron chi connectivity index (χ4n) is 3.84. The number of nitrogens with zero attached hydrogens (tertiary/aromatic N) is 4. The average Bonchev–Trinajstić information content (AvgIpc) is 3.35. The van der Waals surface area contributed by atoms with Gasteiger partial charge in [0, 0.05) is 18.7 Å². The highest BCUT2D eigenvalue weighted by molar-refractivity contribution is 6.06. The van der Waals surface area contributed by atoms with Gasteiger partial charge in [0.15, 0.2) is 5.95 Å². The van der Waals surface area contributed by atoms with Gasteiger partial charge in [-0.15, -0.1) is 0 Å². The molecular formula is C20H18N4O3. The summed E-state index contributed by atoms with van der Waals surface area (Å²) in [6.45, 7) is 1.54. The fraction of sp³-hybridized carbons (Fsp3) is 0.250. The highest BCUT2D eigenvalue weighted by Crippen LogP contribution is 2.46. The Morgan fingerprint density at radius 3 is 2.63 bits per heavy atom. The minimum absolute atomic E-state index is 0.0812. The van der Waals surface area contributed by atoms with Crippen LogP contribution in [0.3, 0.4) is 0 Å². The number of methoxy groups -OCH3 is 1. The first-order valence-corrected chi connectivity index (χ1v) is 8.87. The molecule has 0 aliphatic carbocycles. The molecule has 7 heteroatoms. The van der Waals surface area contributed by atoms with Crippen molar-refractivity contribution in [2.24, 2.45) is 4.99 Å². The van der Waals surface area contributed by atoms with E-state index >= 15 is 0 Å². The fourth-order valence-corrected chi connectivity index (χ4v) is 3.84. The summed E-state index contributed by atoms with van der Waals surface area (Å²) >= 11 is 0. The van der Waals surface area contributed by atoms with Crippen molar-refractivity contribution in [2.75, 3.05) is 20.2 Å². The lowest BCUT2D eigenvalue weighted by Gasteiger charge is -2.09. The van der Waals surface area contributed by atoms with Gasteiger partial charge in [-0.1, -0.05) is 30.3 Å². The molecule has 0 amide bonds. The van der Waals surface area contributed by atoms with Gasteiger partial charge >= 0.3 is 0 Å². The number of hydrogen-bond acceptors (Lipinski definition) is 6. The van der Waals surface area contributed by atoms with Gasteiger partial charge < -0.3 is 14.4 Å². The van der Waals surface area contributed by atoms with Crippen molar-refractivity contribution < 1.29 is 19.0 Å². The van der Waals surface area contributed by atoms with Crippen molar-refractivity contribution in [3.05, 3.63) is 65.9 Å². The molecule has 0 bridgehead atoms. The van der Waals surface area contributed by atoms with Gasteiger partial charge in [0.05, 0.1) is 31.0 Å². The van der Waals surface area contributed by atoms with Gasteiger partial charge in [-0.3, -0.25) is 9.89 Å². The maximum atomic E-state index is 12.5. The van der Waals surface area contributed by atoms with E-state index in [4.69, 9.17) is 9.26 Å². The van der Waals surface area contributed by atoms with Crippen LogP contribution in [-0.4, -0.2) is 42.1 Å². The largest absolute Gasteiger partial charge is 0.539 e. The molecular weight excluding hydrogens is 344 g/mol. The predicted molar refractivity (Wildman–Crippen MR) is 95.1 cm³/mol. The molecule has 1 saturated heterocycles. The third kappa shape index (κ3) is 2.59. The predicted octanol–water partition coefficient (Wildman–Crippen LogP) is 1.26. The van der Waals surface area contributed by atoms with E-state index in [0.717, 1.165) is 23.7 Å². The van der Waals surface area contributed by atoms with E-state index in [-0.39, 0.29) is 12.1 Å². The molecule has 2 aromatic carbocycles. The monoisotopic (exact) mass is 362 g/mol. The summed E-state index contributed by atoms with van der Waals surface area (Å²) in [4.78, 5) is 7.03. The molecule has 0 radical (unpaired) electrons. The molecule has 0 spiro atoms. The summed E-state index contributed by atoms with van der Waals surface area (Å²) in [5.74, 6) is 0.268. The van der Waals surface area contributed by atoms with Crippen molar-refractivity contribution in [1.82, 2.24) is 10.2 Å². The van der Waals surface area contributed by atoms with Gasteiger partial charge in [0.2, 0.25) is 5.69 Å². The molecule has 0 N–H and O–H groups in total. The standard InChI is InChI=1S/C20H18N4O3/c1-26-15-9-7-14(8-10-15)24-19(20(25)27-22-24)16-18-17(23(18)12-11-21-16)13-5-3-2-4-6-13/h2-10,17-18H,11-12H2,1H3. The Balaban J connectivity index is 1.53. The Morgan fingerprint density at radius 1 is 1.11 bits per heavy atom. The maximum absolute atomic E-state index is 12.5. The normalized spacial score (nSPS) is 23.4. The number of fused-ring (bicyclic) bond motifs is 1. The van der Waals surface area contributed by atoms with Gasteiger partial charge in [-0.2, -0.15) is 0 Å². The van der Waals surface area contributed by atoms with E-state index in [1.165, 1.54) is 10.2 Å². The Bertz CT molecular complexity index is 998. The molecule has 0 saturated carbocycles. The molecule has 2 aliphatic rings. The van der Waals surface area contributed by atoms with E-state index in [9.17, 15) is 5.11 Å². The number of aliphatic imine (C=N–C) groups is 1. The molecule has 3 aromatic rings. The molecule has 3 unspecified atom stereocenters. The molecule has 136 valence electrons. The van der Waals surface area contributed by atoms with Gasteiger partial charge in [-0.05, 0) is 22.4 Å². The van der Waals surface area contributed by atoms with Crippen LogP contribution in [0.1, 0.15) is 17.3 Å². The zero-order valence-electron chi connectivity index (χ0n) is 14.8. The number of benzene rings is 2. The summed E-state index contributed by atoms with van der Waals surface area (Å²) in [6, 6.07) is 18.0. The van der Waals surface area contributed by atoms with E-state index in [2.05, 4.69) is 27.3 Å². The smallest absolute Gasteiger partial charge is 0.286 e. The highest BCUT2D eigenvalue weighted by Gasteiger charge is 2.55. The molecule has 1 aromatic heterocycles. The van der Waals surface area contributed by atoms with Gasteiger partial charge in [0.1, 0.15) is 11.5 Å². The highest BCUT2D eigenvalue weighted by atomic mass is 16.6. The van der Waals surface area contributed by atoms with E-state index < -0.39 is 5.95 Å². The van der Waals surface area contributed by atoms with Crippen LogP contribution in [0.15, 0.2) is 64.1 Å².